The zero-order valence-electron chi connectivity index (χ0n) is 24.4. The molecule has 2 aliphatic rings. The van der Waals surface area contributed by atoms with E-state index in [-0.39, 0.29) is 23.9 Å². The van der Waals surface area contributed by atoms with Gasteiger partial charge in [-0.1, -0.05) is 17.2 Å². The molecule has 0 radical (unpaired) electrons. The van der Waals surface area contributed by atoms with Gasteiger partial charge in [-0.25, -0.2) is 22.6 Å². The van der Waals surface area contributed by atoms with Crippen LogP contribution in [0.25, 0.3) is 11.8 Å². The molecule has 6 nitrogen and oxygen atoms in total. The SMILES string of the molecule is C=S(=O)(c1ccc(Cl)cc1)N(C(C)C)[C@H]1CCC2=Cc3c(cnn3-c3ccc(F)cc3)C[C@]2(C(=O)c2ncc(C(F)(F)F)s2)C1. The van der Waals surface area contributed by atoms with Gasteiger partial charge in [0, 0.05) is 22.0 Å². The molecular weight excluding hydrogens is 648 g/mol. The number of rotatable bonds is 7. The summed E-state index contributed by atoms with van der Waals surface area (Å²) in [7, 11) is -3.05. The van der Waals surface area contributed by atoms with Crippen molar-refractivity contribution in [1.82, 2.24) is 19.1 Å². The molecule has 236 valence electrons. The third-order valence-corrected chi connectivity index (χ3v) is 12.2. The molecule has 2 aromatic carbocycles. The Morgan fingerprint density at radius 3 is 2.47 bits per heavy atom. The number of fused-ring (bicyclic) bond motifs is 2. The Morgan fingerprint density at radius 1 is 1.16 bits per heavy atom. The number of alkyl halides is 3. The van der Waals surface area contributed by atoms with Crippen LogP contribution < -0.4 is 0 Å². The highest BCUT2D eigenvalue weighted by Gasteiger charge is 2.52. The maximum atomic E-state index is 14.5. The van der Waals surface area contributed by atoms with Crippen molar-refractivity contribution >= 4 is 50.4 Å². The van der Waals surface area contributed by atoms with Crippen molar-refractivity contribution in [3.8, 4) is 5.69 Å². The van der Waals surface area contributed by atoms with Gasteiger partial charge in [-0.2, -0.15) is 18.3 Å². The molecule has 1 saturated carbocycles. The van der Waals surface area contributed by atoms with E-state index in [9.17, 15) is 26.6 Å². The summed E-state index contributed by atoms with van der Waals surface area (Å²) >= 11 is 6.42. The van der Waals surface area contributed by atoms with Crippen LogP contribution in [0.5, 0.6) is 0 Å². The van der Waals surface area contributed by atoms with Crippen molar-refractivity contribution in [3.05, 3.63) is 98.5 Å². The van der Waals surface area contributed by atoms with E-state index < -0.39 is 43.8 Å². The number of hydrogen-bond acceptors (Lipinski definition) is 5. The Hall–Kier alpha value is -3.32. The highest BCUT2D eigenvalue weighted by atomic mass is 35.5. The molecule has 0 bridgehead atoms. The van der Waals surface area contributed by atoms with Crippen LogP contribution in [0.15, 0.2) is 71.4 Å². The Balaban J connectivity index is 1.45. The van der Waals surface area contributed by atoms with Crippen LogP contribution in [-0.4, -0.2) is 47.0 Å². The van der Waals surface area contributed by atoms with E-state index in [1.807, 2.05) is 24.2 Å². The zero-order valence-corrected chi connectivity index (χ0v) is 26.7. The molecular formula is C32H29ClF4N4O2S2. The molecule has 0 spiro atoms. The standard InChI is InChI=1S/C32H29ClF4N4O2S2/c1-19(2)41(45(3,43)26-12-5-22(33)6-13-26)25-9-4-21-14-27-20(17-39-40(27)24-10-7-23(34)8-11-24)15-31(21,16-25)29(42)30-38-18-28(44-30)32(35,36)37/h5-8,10-14,17-19,25H,3-4,9,15-16H2,1-2H3/t25-,31-,45?/m0/s1. The first kappa shape index (κ1) is 31.7. The predicted octanol–water partition coefficient (Wildman–Crippen LogP) is 7.90. The first-order chi connectivity index (χ1) is 21.2. The molecule has 0 saturated heterocycles. The molecule has 0 amide bonds. The van der Waals surface area contributed by atoms with E-state index in [4.69, 9.17) is 11.6 Å². The quantitative estimate of drug-likeness (QED) is 0.113. The summed E-state index contributed by atoms with van der Waals surface area (Å²) in [4.78, 5) is 17.9. The number of ketones is 1. The van der Waals surface area contributed by atoms with Crippen LogP contribution >= 0.6 is 22.9 Å². The van der Waals surface area contributed by atoms with Crippen LogP contribution in [-0.2, 0) is 22.3 Å². The molecule has 2 aromatic heterocycles. The first-order valence-electron chi connectivity index (χ1n) is 14.2. The van der Waals surface area contributed by atoms with E-state index >= 15 is 0 Å². The fourth-order valence-corrected chi connectivity index (χ4v) is 9.67. The van der Waals surface area contributed by atoms with Crippen molar-refractivity contribution in [2.24, 2.45) is 5.41 Å². The summed E-state index contributed by atoms with van der Waals surface area (Å²) in [6.45, 7) is 3.81. The van der Waals surface area contributed by atoms with E-state index in [2.05, 4.69) is 16.0 Å². The Bertz CT molecular complexity index is 1900. The van der Waals surface area contributed by atoms with Gasteiger partial charge in [-0.05, 0) is 106 Å². The van der Waals surface area contributed by atoms with Gasteiger partial charge < -0.3 is 0 Å². The normalized spacial score (nSPS) is 21.3. The van der Waals surface area contributed by atoms with E-state index in [0.29, 0.717) is 51.5 Å². The monoisotopic (exact) mass is 676 g/mol. The number of aromatic nitrogens is 3. The minimum absolute atomic E-state index is 0.164. The minimum atomic E-state index is -4.63. The molecule has 6 rings (SSSR count). The fourth-order valence-electron chi connectivity index (χ4n) is 6.58. The molecule has 2 aliphatic carbocycles. The van der Waals surface area contributed by atoms with Crippen molar-refractivity contribution in [2.75, 3.05) is 0 Å². The fraction of sp³-hybridized carbons (Fsp3) is 0.312. The Morgan fingerprint density at radius 2 is 1.84 bits per heavy atom. The lowest BCUT2D eigenvalue weighted by atomic mass is 9.61. The van der Waals surface area contributed by atoms with Crippen LogP contribution in [0.4, 0.5) is 17.6 Å². The van der Waals surface area contributed by atoms with E-state index in [0.717, 1.165) is 11.3 Å². The number of carbonyl (C=O) groups excluding carboxylic acids is 1. The van der Waals surface area contributed by atoms with Crippen molar-refractivity contribution < 1.29 is 26.6 Å². The number of benzene rings is 2. The first-order valence-corrected chi connectivity index (χ1v) is 17.1. The topological polar surface area (TPSA) is 68.1 Å². The summed E-state index contributed by atoms with van der Waals surface area (Å²) in [6.07, 6.45) is 0.877. The van der Waals surface area contributed by atoms with Gasteiger partial charge >= 0.3 is 6.18 Å². The second-order valence-electron chi connectivity index (χ2n) is 11.7. The average Bonchev–Trinajstić information content (AvgIpc) is 3.64. The van der Waals surface area contributed by atoms with Gasteiger partial charge in [0.2, 0.25) is 5.78 Å². The second-order valence-corrected chi connectivity index (χ2v) is 15.3. The van der Waals surface area contributed by atoms with Crippen LogP contribution in [0.2, 0.25) is 5.02 Å². The van der Waals surface area contributed by atoms with Crippen molar-refractivity contribution in [3.63, 3.8) is 0 Å². The van der Waals surface area contributed by atoms with Crippen molar-refractivity contribution in [1.29, 1.82) is 0 Å². The number of Topliss-reactive ketones (excluding diaryl/α,β-unsaturated/α-hetero) is 1. The third-order valence-electron chi connectivity index (χ3n) is 8.51. The van der Waals surface area contributed by atoms with Crippen molar-refractivity contribution in [2.45, 2.75) is 62.7 Å². The van der Waals surface area contributed by atoms with Crippen LogP contribution in [0, 0.1) is 11.2 Å². The lowest BCUT2D eigenvalue weighted by Gasteiger charge is -2.48. The average molecular weight is 677 g/mol. The number of halogens is 5. The number of nitrogens with zero attached hydrogens (tertiary/aromatic N) is 4. The van der Waals surface area contributed by atoms with E-state index in [1.165, 1.54) is 12.1 Å². The third kappa shape index (κ3) is 5.66. The highest BCUT2D eigenvalue weighted by molar-refractivity contribution is 7.98. The van der Waals surface area contributed by atoms with Gasteiger partial charge in [0.1, 0.15) is 10.7 Å². The summed E-state index contributed by atoms with van der Waals surface area (Å²) in [5.41, 5.74) is 1.55. The summed E-state index contributed by atoms with van der Waals surface area (Å²) in [5, 5.41) is 4.78. The molecule has 4 aromatic rings. The number of allylic oxidation sites excluding steroid dienone is 1. The molecule has 3 atom stereocenters. The molecule has 0 aliphatic heterocycles. The molecule has 0 N–H and O–H groups in total. The highest BCUT2D eigenvalue weighted by Crippen LogP contribution is 2.52. The molecule has 1 unspecified atom stereocenters. The zero-order chi connectivity index (χ0) is 32.3. The molecule has 13 heteroatoms. The number of thiazole rings is 1. The van der Waals surface area contributed by atoms with E-state index in [1.54, 1.807) is 47.3 Å². The van der Waals surface area contributed by atoms with Gasteiger partial charge in [0.05, 0.1) is 38.9 Å². The largest absolute Gasteiger partial charge is 0.427 e. The summed E-state index contributed by atoms with van der Waals surface area (Å²) < 4.78 is 72.3. The van der Waals surface area contributed by atoms with Crippen LogP contribution in [0.1, 0.15) is 59.0 Å². The van der Waals surface area contributed by atoms with Gasteiger partial charge in [-0.15, -0.1) is 11.3 Å². The molecule has 45 heavy (non-hydrogen) atoms. The second kappa shape index (κ2) is 11.5. The number of carbonyl (C=O) groups is 1. The van der Waals surface area contributed by atoms with Gasteiger partial charge in [-0.3, -0.25) is 4.79 Å². The predicted molar refractivity (Wildman–Crippen MR) is 169 cm³/mol. The summed E-state index contributed by atoms with van der Waals surface area (Å²) in [5.74, 6) is 3.24. The van der Waals surface area contributed by atoms with Gasteiger partial charge in [0.25, 0.3) is 0 Å². The minimum Gasteiger partial charge on any atom is -0.290 e. The van der Waals surface area contributed by atoms with Gasteiger partial charge in [0.15, 0.2) is 5.01 Å². The smallest absolute Gasteiger partial charge is 0.290 e. The lowest BCUT2D eigenvalue weighted by Crippen LogP contribution is -2.52. The number of hydrogen-bond donors (Lipinski definition) is 0. The molecule has 1 fully saturated rings. The summed E-state index contributed by atoms with van der Waals surface area (Å²) in [6, 6.07) is 11.9. The Kier molecular flexibility index (Phi) is 8.08. The maximum absolute atomic E-state index is 14.5. The Labute approximate surface area is 267 Å². The van der Waals surface area contributed by atoms with Crippen LogP contribution in [0.3, 0.4) is 0 Å². The lowest BCUT2D eigenvalue weighted by molar-refractivity contribution is -0.134. The maximum Gasteiger partial charge on any atom is 0.427 e. The molecule has 2 heterocycles.